The maximum Gasteiger partial charge on any atom is 0.128 e. The average Bonchev–Trinajstić information content (AvgIpc) is 3.38. The molecule has 28 heavy (non-hydrogen) atoms. The standard InChI is InChI=1S/2C12H15NO/c1-2-3-8-14-11-4-5-12-10(9-11)6-7-13-12;1-2-3-9-14-12-6-4-5-11-10(12)7-8-13-11/h4-7,9,13H,2-3,8H2,1H3;4-8,13H,2-3,9H2,1H3. The SMILES string of the molecule is CCCCOc1ccc2[nH]ccc2c1.CCCCOc1cccc2[nH]ccc12. The van der Waals surface area contributed by atoms with Crippen LogP contribution >= 0.6 is 0 Å². The van der Waals surface area contributed by atoms with E-state index in [1.807, 2.05) is 30.6 Å². The summed E-state index contributed by atoms with van der Waals surface area (Å²) in [5.74, 6) is 1.95. The maximum atomic E-state index is 5.70. The zero-order valence-corrected chi connectivity index (χ0v) is 16.8. The maximum absolute atomic E-state index is 5.70. The van der Waals surface area contributed by atoms with Crippen molar-refractivity contribution in [3.63, 3.8) is 0 Å². The molecule has 4 aromatic rings. The molecule has 0 unspecified atom stereocenters. The summed E-state index contributed by atoms with van der Waals surface area (Å²) in [5.41, 5.74) is 2.30. The van der Waals surface area contributed by atoms with E-state index in [1.165, 1.54) is 23.6 Å². The van der Waals surface area contributed by atoms with Crippen LogP contribution in [-0.4, -0.2) is 23.2 Å². The molecule has 0 fully saturated rings. The van der Waals surface area contributed by atoms with Crippen LogP contribution in [0.2, 0.25) is 0 Å². The van der Waals surface area contributed by atoms with Gasteiger partial charge >= 0.3 is 0 Å². The van der Waals surface area contributed by atoms with Gasteiger partial charge in [0.2, 0.25) is 0 Å². The van der Waals surface area contributed by atoms with Gasteiger partial charge in [-0.15, -0.1) is 0 Å². The zero-order valence-electron chi connectivity index (χ0n) is 16.8. The largest absolute Gasteiger partial charge is 0.494 e. The lowest BCUT2D eigenvalue weighted by Gasteiger charge is -2.05. The molecule has 0 spiro atoms. The topological polar surface area (TPSA) is 50.0 Å². The highest BCUT2D eigenvalue weighted by atomic mass is 16.5. The fraction of sp³-hybridized carbons (Fsp3) is 0.333. The lowest BCUT2D eigenvalue weighted by Crippen LogP contribution is -1.96. The zero-order chi connectivity index (χ0) is 19.6. The first-order valence-electron chi connectivity index (χ1n) is 10.2. The molecule has 0 saturated carbocycles. The number of aromatic nitrogens is 2. The van der Waals surface area contributed by atoms with Crippen LogP contribution in [0.1, 0.15) is 39.5 Å². The summed E-state index contributed by atoms with van der Waals surface area (Å²) < 4.78 is 11.3. The Balaban J connectivity index is 0.000000161. The van der Waals surface area contributed by atoms with E-state index in [1.54, 1.807) is 0 Å². The van der Waals surface area contributed by atoms with Crippen LogP contribution in [0.5, 0.6) is 11.5 Å². The van der Waals surface area contributed by atoms with Crippen LogP contribution in [-0.2, 0) is 0 Å². The van der Waals surface area contributed by atoms with E-state index >= 15 is 0 Å². The van der Waals surface area contributed by atoms with Gasteiger partial charge in [-0.05, 0) is 55.3 Å². The highest BCUT2D eigenvalue weighted by molar-refractivity contribution is 5.85. The Morgan fingerprint density at radius 2 is 1.50 bits per heavy atom. The Morgan fingerprint density at radius 3 is 2.32 bits per heavy atom. The van der Waals surface area contributed by atoms with Crippen LogP contribution in [0.4, 0.5) is 0 Å². The third kappa shape index (κ3) is 5.32. The Morgan fingerprint density at radius 1 is 0.750 bits per heavy atom. The molecular weight excluding hydrogens is 348 g/mol. The summed E-state index contributed by atoms with van der Waals surface area (Å²) in [6, 6.07) is 16.3. The number of benzene rings is 2. The van der Waals surface area contributed by atoms with E-state index < -0.39 is 0 Å². The normalized spacial score (nSPS) is 10.6. The third-order valence-corrected chi connectivity index (χ3v) is 4.60. The van der Waals surface area contributed by atoms with Gasteiger partial charge < -0.3 is 19.4 Å². The number of H-pyrrole nitrogens is 2. The first-order valence-corrected chi connectivity index (χ1v) is 10.2. The smallest absolute Gasteiger partial charge is 0.128 e. The van der Waals surface area contributed by atoms with E-state index in [9.17, 15) is 0 Å². The molecule has 4 nitrogen and oxygen atoms in total. The first kappa shape index (κ1) is 19.9. The minimum absolute atomic E-state index is 0.806. The second-order valence-corrected chi connectivity index (χ2v) is 6.83. The van der Waals surface area contributed by atoms with Crippen molar-refractivity contribution < 1.29 is 9.47 Å². The summed E-state index contributed by atoms with van der Waals surface area (Å²) in [6.07, 6.45) is 8.46. The van der Waals surface area contributed by atoms with E-state index in [2.05, 4.69) is 54.1 Å². The molecule has 2 heterocycles. The number of hydrogen-bond donors (Lipinski definition) is 2. The van der Waals surface area contributed by atoms with Gasteiger partial charge in [0.15, 0.2) is 0 Å². The van der Waals surface area contributed by atoms with Gasteiger partial charge in [0.05, 0.1) is 13.2 Å². The lowest BCUT2D eigenvalue weighted by atomic mass is 10.2. The molecular formula is C24H30N2O2. The molecule has 2 aromatic carbocycles. The summed E-state index contributed by atoms with van der Waals surface area (Å²) in [7, 11) is 0. The molecule has 0 amide bonds. The van der Waals surface area contributed by atoms with E-state index in [0.29, 0.717) is 0 Å². The molecule has 0 radical (unpaired) electrons. The molecule has 4 heteroatoms. The van der Waals surface area contributed by atoms with Gasteiger partial charge in [0.25, 0.3) is 0 Å². The minimum Gasteiger partial charge on any atom is -0.494 e. The molecule has 0 aliphatic rings. The minimum atomic E-state index is 0.806. The number of unbranched alkanes of at least 4 members (excludes halogenated alkanes) is 2. The van der Waals surface area contributed by atoms with Crippen molar-refractivity contribution in [1.29, 1.82) is 0 Å². The van der Waals surface area contributed by atoms with E-state index in [0.717, 1.165) is 48.6 Å². The first-order chi connectivity index (χ1) is 13.8. The Labute approximate surface area is 166 Å². The number of ether oxygens (including phenoxy) is 2. The van der Waals surface area contributed by atoms with Crippen molar-refractivity contribution in [1.82, 2.24) is 9.97 Å². The van der Waals surface area contributed by atoms with Crippen molar-refractivity contribution in [3.8, 4) is 11.5 Å². The number of fused-ring (bicyclic) bond motifs is 2. The van der Waals surface area contributed by atoms with E-state index in [-0.39, 0.29) is 0 Å². The fourth-order valence-corrected chi connectivity index (χ4v) is 2.96. The van der Waals surface area contributed by atoms with Crippen molar-refractivity contribution in [2.45, 2.75) is 39.5 Å². The van der Waals surface area contributed by atoms with E-state index in [4.69, 9.17) is 9.47 Å². The van der Waals surface area contributed by atoms with Crippen LogP contribution in [0, 0.1) is 0 Å². The summed E-state index contributed by atoms with van der Waals surface area (Å²) in [4.78, 5) is 6.33. The predicted molar refractivity (Wildman–Crippen MR) is 117 cm³/mol. The number of rotatable bonds is 8. The van der Waals surface area contributed by atoms with Crippen LogP contribution < -0.4 is 9.47 Å². The Kier molecular flexibility index (Phi) is 7.42. The molecule has 0 aliphatic carbocycles. The second kappa shape index (κ2) is 10.5. The second-order valence-electron chi connectivity index (χ2n) is 6.83. The highest BCUT2D eigenvalue weighted by Crippen LogP contribution is 2.24. The van der Waals surface area contributed by atoms with Crippen LogP contribution in [0.3, 0.4) is 0 Å². The molecule has 2 aromatic heterocycles. The van der Waals surface area contributed by atoms with Gasteiger partial charge in [-0.3, -0.25) is 0 Å². The van der Waals surface area contributed by atoms with Crippen molar-refractivity contribution in [2.75, 3.05) is 13.2 Å². The average molecular weight is 379 g/mol. The van der Waals surface area contributed by atoms with Crippen molar-refractivity contribution in [2.24, 2.45) is 0 Å². The van der Waals surface area contributed by atoms with Gasteiger partial charge in [-0.2, -0.15) is 0 Å². The monoisotopic (exact) mass is 378 g/mol. The lowest BCUT2D eigenvalue weighted by molar-refractivity contribution is 0.310. The van der Waals surface area contributed by atoms with Crippen LogP contribution in [0.15, 0.2) is 60.9 Å². The number of aromatic amines is 2. The molecule has 0 atom stereocenters. The Bertz CT molecular complexity index is 970. The fourth-order valence-electron chi connectivity index (χ4n) is 2.96. The summed E-state index contributed by atoms with van der Waals surface area (Å²) in [5, 5.41) is 2.38. The predicted octanol–water partition coefficient (Wildman–Crippen LogP) is 6.69. The van der Waals surface area contributed by atoms with Gasteiger partial charge in [0, 0.05) is 34.2 Å². The number of nitrogens with one attached hydrogen (secondary N) is 2. The quantitative estimate of drug-likeness (QED) is 0.335. The molecule has 4 rings (SSSR count). The van der Waals surface area contributed by atoms with Gasteiger partial charge in [-0.25, -0.2) is 0 Å². The van der Waals surface area contributed by atoms with Crippen LogP contribution in [0.25, 0.3) is 21.8 Å². The molecule has 148 valence electrons. The molecule has 0 saturated heterocycles. The van der Waals surface area contributed by atoms with Gasteiger partial charge in [-0.1, -0.05) is 32.8 Å². The molecule has 2 N–H and O–H groups in total. The summed E-state index contributed by atoms with van der Waals surface area (Å²) in [6.45, 7) is 5.95. The molecule has 0 aliphatic heterocycles. The molecule has 0 bridgehead atoms. The Hall–Kier alpha value is -2.88. The van der Waals surface area contributed by atoms with Gasteiger partial charge in [0.1, 0.15) is 11.5 Å². The number of hydrogen-bond acceptors (Lipinski definition) is 2. The third-order valence-electron chi connectivity index (χ3n) is 4.60. The summed E-state index contributed by atoms with van der Waals surface area (Å²) >= 11 is 0. The van der Waals surface area contributed by atoms with Crippen molar-refractivity contribution >= 4 is 21.8 Å². The van der Waals surface area contributed by atoms with Crippen molar-refractivity contribution in [3.05, 3.63) is 60.9 Å². The highest BCUT2D eigenvalue weighted by Gasteiger charge is 2.01.